The van der Waals surface area contributed by atoms with E-state index in [1.807, 2.05) is 24.3 Å². The zero-order valence-electron chi connectivity index (χ0n) is 33.1. The molecule has 286 valence electrons. The van der Waals surface area contributed by atoms with E-state index >= 15 is 0 Å². The van der Waals surface area contributed by atoms with Crippen molar-refractivity contribution in [3.63, 3.8) is 0 Å². The second-order valence-corrected chi connectivity index (χ2v) is 15.7. The zero-order chi connectivity index (χ0) is 40.3. The fraction of sp³-hybridized carbons (Fsp3) is 0. The molecule has 3 nitrogen and oxygen atoms in total. The molecular weight excluding hydrogens is 743 g/mol. The van der Waals surface area contributed by atoms with Gasteiger partial charge in [0.05, 0.1) is 5.69 Å². The van der Waals surface area contributed by atoms with Crippen molar-refractivity contribution in [3.05, 3.63) is 224 Å². The Bertz CT molecular complexity index is 3590. The number of anilines is 3. The van der Waals surface area contributed by atoms with Crippen molar-refractivity contribution in [2.75, 3.05) is 4.90 Å². The standard InChI is InChI=1S/C58H37NO2/c1-2-15-47-40(11-1)12-10-19-48(47)41-25-23-38(24-26-41)42-13-9-14-46(35-42)59(45-31-27-39(28-32-45)43-29-33-52-50-17-4-7-21-55(50)60-57(52)36-43)54-20-6-3-16-49(54)44-30-34-53-51-18-5-8-22-56(51)61-58(53)37-44/h1-37H. The van der Waals surface area contributed by atoms with Crippen LogP contribution in [0.3, 0.4) is 0 Å². The maximum Gasteiger partial charge on any atom is 0.136 e. The molecule has 10 aromatic carbocycles. The van der Waals surface area contributed by atoms with Crippen LogP contribution in [0.5, 0.6) is 0 Å². The highest BCUT2D eigenvalue weighted by Gasteiger charge is 2.19. The summed E-state index contributed by atoms with van der Waals surface area (Å²) in [6.45, 7) is 0. The maximum atomic E-state index is 6.39. The van der Waals surface area contributed by atoms with Crippen LogP contribution in [0.15, 0.2) is 233 Å². The molecule has 0 atom stereocenters. The average Bonchev–Trinajstić information content (AvgIpc) is 3.90. The van der Waals surface area contributed by atoms with E-state index in [0.29, 0.717) is 0 Å². The van der Waals surface area contributed by atoms with E-state index in [4.69, 9.17) is 8.83 Å². The Labute approximate surface area is 353 Å². The minimum Gasteiger partial charge on any atom is -0.456 e. The molecule has 0 N–H and O–H groups in total. The molecule has 12 rings (SSSR count). The molecule has 0 radical (unpaired) electrons. The lowest BCUT2D eigenvalue weighted by molar-refractivity contribution is 0.668. The largest absolute Gasteiger partial charge is 0.456 e. The van der Waals surface area contributed by atoms with Crippen molar-refractivity contribution < 1.29 is 8.83 Å². The zero-order valence-corrected chi connectivity index (χ0v) is 33.1. The number of benzene rings is 10. The highest BCUT2D eigenvalue weighted by atomic mass is 16.3. The van der Waals surface area contributed by atoms with Crippen molar-refractivity contribution in [2.24, 2.45) is 0 Å². The number of hydrogen-bond acceptors (Lipinski definition) is 3. The van der Waals surface area contributed by atoms with Crippen LogP contribution in [0.2, 0.25) is 0 Å². The van der Waals surface area contributed by atoms with Gasteiger partial charge in [-0.1, -0.05) is 158 Å². The van der Waals surface area contributed by atoms with E-state index in [-0.39, 0.29) is 0 Å². The van der Waals surface area contributed by atoms with E-state index in [2.05, 4.69) is 205 Å². The van der Waals surface area contributed by atoms with Crippen LogP contribution < -0.4 is 4.90 Å². The first-order chi connectivity index (χ1) is 30.2. The van der Waals surface area contributed by atoms with Crippen LogP contribution in [0.1, 0.15) is 0 Å². The summed E-state index contributed by atoms with van der Waals surface area (Å²) >= 11 is 0. The van der Waals surface area contributed by atoms with Crippen LogP contribution in [-0.4, -0.2) is 0 Å². The summed E-state index contributed by atoms with van der Waals surface area (Å²) < 4.78 is 12.7. The molecule has 0 aliphatic heterocycles. The first-order valence-corrected chi connectivity index (χ1v) is 20.7. The lowest BCUT2D eigenvalue weighted by Crippen LogP contribution is -2.11. The monoisotopic (exact) mass is 779 g/mol. The van der Waals surface area contributed by atoms with Gasteiger partial charge in [0, 0.05) is 38.5 Å². The Kier molecular flexibility index (Phi) is 8.17. The van der Waals surface area contributed by atoms with Gasteiger partial charge in [-0.3, -0.25) is 0 Å². The Morgan fingerprint density at radius 1 is 0.262 bits per heavy atom. The molecule has 0 bridgehead atoms. The highest BCUT2D eigenvalue weighted by Crippen LogP contribution is 2.44. The smallest absolute Gasteiger partial charge is 0.136 e. The van der Waals surface area contributed by atoms with Crippen molar-refractivity contribution in [1.29, 1.82) is 0 Å². The van der Waals surface area contributed by atoms with Gasteiger partial charge in [0.1, 0.15) is 22.3 Å². The molecule has 0 spiro atoms. The third kappa shape index (κ3) is 6.06. The number of nitrogens with zero attached hydrogens (tertiary/aromatic N) is 1. The Morgan fingerprint density at radius 2 is 0.754 bits per heavy atom. The molecule has 0 fully saturated rings. The molecule has 0 saturated carbocycles. The fourth-order valence-electron chi connectivity index (χ4n) is 9.09. The van der Waals surface area contributed by atoms with Gasteiger partial charge in [0.25, 0.3) is 0 Å². The summed E-state index contributed by atoms with van der Waals surface area (Å²) in [5.74, 6) is 0. The summed E-state index contributed by atoms with van der Waals surface area (Å²) in [7, 11) is 0. The normalized spacial score (nSPS) is 11.6. The fourth-order valence-corrected chi connectivity index (χ4v) is 9.09. The van der Waals surface area contributed by atoms with Gasteiger partial charge < -0.3 is 13.7 Å². The van der Waals surface area contributed by atoms with Crippen LogP contribution in [0.25, 0.3) is 99.2 Å². The molecule has 0 aliphatic rings. The molecule has 0 amide bonds. The topological polar surface area (TPSA) is 29.5 Å². The highest BCUT2D eigenvalue weighted by molar-refractivity contribution is 6.07. The third-order valence-corrected chi connectivity index (χ3v) is 12.1. The number of furan rings is 2. The number of hydrogen-bond donors (Lipinski definition) is 0. The van der Waals surface area contributed by atoms with E-state index in [0.717, 1.165) is 94.3 Å². The summed E-state index contributed by atoms with van der Waals surface area (Å²) in [4.78, 5) is 2.37. The lowest BCUT2D eigenvalue weighted by atomic mass is 9.96. The molecule has 2 aromatic heterocycles. The molecule has 0 aliphatic carbocycles. The summed E-state index contributed by atoms with van der Waals surface area (Å²) in [6.07, 6.45) is 0. The molecule has 12 aromatic rings. The van der Waals surface area contributed by atoms with Gasteiger partial charge in [-0.05, 0) is 116 Å². The first-order valence-electron chi connectivity index (χ1n) is 20.7. The van der Waals surface area contributed by atoms with Crippen molar-refractivity contribution in [2.45, 2.75) is 0 Å². The van der Waals surface area contributed by atoms with Crippen LogP contribution >= 0.6 is 0 Å². The number of fused-ring (bicyclic) bond motifs is 7. The van der Waals surface area contributed by atoms with E-state index in [1.165, 1.54) is 21.9 Å². The SMILES string of the molecule is c1cc(-c2ccc(-c3cccc4ccccc34)cc2)cc(N(c2ccc(-c3ccc4c(c3)oc3ccccc34)cc2)c2ccccc2-c2ccc3c(c2)oc2ccccc23)c1. The molecule has 0 saturated heterocycles. The third-order valence-electron chi connectivity index (χ3n) is 12.1. The minimum absolute atomic E-state index is 0.875. The summed E-state index contributed by atoms with van der Waals surface area (Å²) in [5.41, 5.74) is 15.9. The minimum atomic E-state index is 0.875. The Morgan fingerprint density at radius 3 is 1.49 bits per heavy atom. The van der Waals surface area contributed by atoms with E-state index in [1.54, 1.807) is 0 Å². The van der Waals surface area contributed by atoms with Crippen molar-refractivity contribution in [3.8, 4) is 44.5 Å². The van der Waals surface area contributed by atoms with Gasteiger partial charge in [0.2, 0.25) is 0 Å². The van der Waals surface area contributed by atoms with Gasteiger partial charge >= 0.3 is 0 Å². The van der Waals surface area contributed by atoms with Crippen LogP contribution in [0.4, 0.5) is 17.1 Å². The Balaban J connectivity index is 0.964. The first kappa shape index (κ1) is 34.9. The van der Waals surface area contributed by atoms with Crippen LogP contribution in [0, 0.1) is 0 Å². The predicted octanol–water partition coefficient (Wildman–Crippen LogP) is 16.8. The van der Waals surface area contributed by atoms with Gasteiger partial charge in [-0.2, -0.15) is 0 Å². The van der Waals surface area contributed by atoms with Crippen molar-refractivity contribution in [1.82, 2.24) is 0 Å². The second-order valence-electron chi connectivity index (χ2n) is 15.7. The summed E-state index contributed by atoms with van der Waals surface area (Å²) in [5, 5.41) is 7.01. The number of para-hydroxylation sites is 3. The molecule has 2 heterocycles. The molecular formula is C58H37NO2. The average molecular weight is 780 g/mol. The van der Waals surface area contributed by atoms with Crippen molar-refractivity contribution >= 4 is 71.7 Å². The number of rotatable bonds is 7. The summed E-state index contributed by atoms with van der Waals surface area (Å²) in [6, 6.07) is 80.1. The van der Waals surface area contributed by atoms with Gasteiger partial charge in [0.15, 0.2) is 0 Å². The predicted molar refractivity (Wildman–Crippen MR) is 255 cm³/mol. The van der Waals surface area contributed by atoms with E-state index in [9.17, 15) is 0 Å². The van der Waals surface area contributed by atoms with Crippen LogP contribution in [-0.2, 0) is 0 Å². The van der Waals surface area contributed by atoms with Gasteiger partial charge in [-0.25, -0.2) is 0 Å². The molecule has 61 heavy (non-hydrogen) atoms. The molecule has 3 heteroatoms. The second kappa shape index (κ2) is 14.3. The maximum absolute atomic E-state index is 6.39. The molecule has 0 unspecified atom stereocenters. The lowest BCUT2D eigenvalue weighted by Gasteiger charge is -2.28. The van der Waals surface area contributed by atoms with Gasteiger partial charge in [-0.15, -0.1) is 0 Å². The van der Waals surface area contributed by atoms with E-state index < -0.39 is 0 Å². The quantitative estimate of drug-likeness (QED) is 0.161. The Hall–Kier alpha value is -8.14.